The van der Waals surface area contributed by atoms with Crippen molar-refractivity contribution in [1.29, 1.82) is 0 Å². The molecule has 0 aliphatic carbocycles. The summed E-state index contributed by atoms with van der Waals surface area (Å²) in [6.45, 7) is 2.66. The fraction of sp³-hybridized carbons (Fsp3) is 0.188. The van der Waals surface area contributed by atoms with Gasteiger partial charge in [0.2, 0.25) is 0 Å². The van der Waals surface area contributed by atoms with Crippen LogP contribution >= 0.6 is 39.1 Å². The third-order valence-corrected chi connectivity index (χ3v) is 3.81. The molecule has 0 spiro atoms. The van der Waals surface area contributed by atoms with E-state index in [1.54, 1.807) is 30.3 Å². The quantitative estimate of drug-likeness (QED) is 0.470. The van der Waals surface area contributed by atoms with Gasteiger partial charge in [0.25, 0.3) is 0 Å². The lowest BCUT2D eigenvalue weighted by atomic mass is 10.2. The zero-order valence-electron chi connectivity index (χ0n) is 11.7. The van der Waals surface area contributed by atoms with Crippen LogP contribution < -0.4 is 9.47 Å². The molecule has 0 amide bonds. The highest BCUT2D eigenvalue weighted by Crippen LogP contribution is 2.36. The molecule has 0 aliphatic heterocycles. The van der Waals surface area contributed by atoms with E-state index in [2.05, 4.69) is 15.9 Å². The highest BCUT2D eigenvalue weighted by atomic mass is 79.9. The summed E-state index contributed by atoms with van der Waals surface area (Å²) in [5.41, 5.74) is 0.404. The minimum atomic E-state index is -0.507. The summed E-state index contributed by atoms with van der Waals surface area (Å²) < 4.78 is 11.3. The van der Waals surface area contributed by atoms with Crippen LogP contribution in [0.2, 0.25) is 10.0 Å². The van der Waals surface area contributed by atoms with Gasteiger partial charge in [0, 0.05) is 5.02 Å². The van der Waals surface area contributed by atoms with Gasteiger partial charge in [0.05, 0.1) is 21.7 Å². The first-order chi connectivity index (χ1) is 10.5. The van der Waals surface area contributed by atoms with Gasteiger partial charge in [0.1, 0.15) is 5.75 Å². The second-order valence-corrected chi connectivity index (χ2v) is 6.16. The summed E-state index contributed by atoms with van der Waals surface area (Å²) in [4.78, 5) is 12.2. The Morgan fingerprint density at radius 1 is 1.18 bits per heavy atom. The van der Waals surface area contributed by atoms with Gasteiger partial charge in [-0.1, -0.05) is 30.1 Å². The molecule has 0 radical (unpaired) electrons. The van der Waals surface area contributed by atoms with Crippen LogP contribution in [0.4, 0.5) is 0 Å². The third-order valence-electron chi connectivity index (χ3n) is 2.72. The highest BCUT2D eigenvalue weighted by molar-refractivity contribution is 9.10. The number of rotatable bonds is 5. The molecule has 2 rings (SSSR count). The summed E-state index contributed by atoms with van der Waals surface area (Å²) in [5.74, 6) is 0.443. The molecule has 0 N–H and O–H groups in total. The highest BCUT2D eigenvalue weighted by Gasteiger charge is 2.15. The van der Waals surface area contributed by atoms with Gasteiger partial charge in [-0.3, -0.25) is 0 Å². The maximum atomic E-state index is 12.2. The lowest BCUT2D eigenvalue weighted by molar-refractivity contribution is 0.0733. The third kappa shape index (κ3) is 4.38. The standard InChI is InChI=1S/C16H13BrCl2O3/c1-2-7-21-12-5-3-10(4-6-12)16(20)22-15-13(17)8-11(18)9-14(15)19/h3-6,8-9H,2,7H2,1H3. The zero-order valence-corrected chi connectivity index (χ0v) is 14.8. The van der Waals surface area contributed by atoms with Crippen molar-refractivity contribution < 1.29 is 14.3 Å². The Morgan fingerprint density at radius 2 is 1.86 bits per heavy atom. The van der Waals surface area contributed by atoms with E-state index < -0.39 is 5.97 Å². The molecule has 0 bridgehead atoms. The van der Waals surface area contributed by atoms with Crippen LogP contribution in [0.5, 0.6) is 11.5 Å². The fourth-order valence-electron chi connectivity index (χ4n) is 1.69. The van der Waals surface area contributed by atoms with Crippen LogP contribution in [0.15, 0.2) is 40.9 Å². The smallest absolute Gasteiger partial charge is 0.343 e. The van der Waals surface area contributed by atoms with Gasteiger partial charge in [-0.25, -0.2) is 4.79 Å². The summed E-state index contributed by atoms with van der Waals surface area (Å²) in [5, 5.41) is 0.713. The van der Waals surface area contributed by atoms with Crippen LogP contribution in [0, 0.1) is 0 Å². The predicted molar refractivity (Wildman–Crippen MR) is 91.3 cm³/mol. The topological polar surface area (TPSA) is 35.5 Å². The summed E-state index contributed by atoms with van der Waals surface area (Å²) in [6.07, 6.45) is 0.923. The molecule has 0 saturated heterocycles. The van der Waals surface area contributed by atoms with Gasteiger partial charge in [-0.15, -0.1) is 0 Å². The van der Waals surface area contributed by atoms with Crippen LogP contribution in [0.1, 0.15) is 23.7 Å². The van der Waals surface area contributed by atoms with Crippen LogP contribution in [-0.2, 0) is 0 Å². The number of ether oxygens (including phenoxy) is 2. The molecular weight excluding hydrogens is 391 g/mol. The van der Waals surface area contributed by atoms with E-state index in [1.165, 1.54) is 6.07 Å². The number of benzene rings is 2. The lowest BCUT2D eigenvalue weighted by Crippen LogP contribution is -2.09. The normalized spacial score (nSPS) is 10.4. The van der Waals surface area contributed by atoms with E-state index in [0.29, 0.717) is 27.4 Å². The summed E-state index contributed by atoms with van der Waals surface area (Å²) in [6, 6.07) is 9.86. The largest absolute Gasteiger partial charge is 0.494 e. The average molecular weight is 404 g/mol. The molecule has 22 heavy (non-hydrogen) atoms. The Kier molecular flexibility index (Phi) is 6.12. The van der Waals surface area contributed by atoms with Crippen molar-refractivity contribution in [3.05, 3.63) is 56.5 Å². The van der Waals surface area contributed by atoms with E-state index >= 15 is 0 Å². The van der Waals surface area contributed by atoms with Gasteiger partial charge in [0.15, 0.2) is 5.75 Å². The zero-order chi connectivity index (χ0) is 16.1. The summed E-state index contributed by atoms with van der Waals surface area (Å²) in [7, 11) is 0. The van der Waals surface area contributed by atoms with Gasteiger partial charge >= 0.3 is 5.97 Å². The molecule has 0 fully saturated rings. The Labute approximate surface area is 147 Å². The second-order valence-electron chi connectivity index (χ2n) is 4.46. The Bertz CT molecular complexity index is 649. The minimum absolute atomic E-state index is 0.238. The number of hydrogen-bond donors (Lipinski definition) is 0. The van der Waals surface area contributed by atoms with Gasteiger partial charge < -0.3 is 9.47 Å². The Hall–Kier alpha value is -1.23. The van der Waals surface area contributed by atoms with Gasteiger partial charge in [-0.05, 0) is 58.7 Å². The van der Waals surface area contributed by atoms with Crippen molar-refractivity contribution >= 4 is 45.1 Å². The van der Waals surface area contributed by atoms with Crippen molar-refractivity contribution in [2.45, 2.75) is 13.3 Å². The van der Waals surface area contributed by atoms with Crippen LogP contribution in [0.3, 0.4) is 0 Å². The molecule has 116 valence electrons. The fourth-order valence-corrected chi connectivity index (χ4v) is 3.00. The van der Waals surface area contributed by atoms with E-state index in [9.17, 15) is 4.79 Å². The minimum Gasteiger partial charge on any atom is -0.494 e. The van der Waals surface area contributed by atoms with Gasteiger partial charge in [-0.2, -0.15) is 0 Å². The number of carbonyl (C=O) groups is 1. The number of halogens is 3. The number of hydrogen-bond acceptors (Lipinski definition) is 3. The molecule has 2 aromatic rings. The first-order valence-corrected chi connectivity index (χ1v) is 8.15. The second kappa shape index (κ2) is 7.86. The van der Waals surface area contributed by atoms with Crippen LogP contribution in [0.25, 0.3) is 0 Å². The molecular formula is C16H13BrCl2O3. The van der Waals surface area contributed by atoms with Crippen LogP contribution in [-0.4, -0.2) is 12.6 Å². The molecule has 6 heteroatoms. The molecule has 0 unspecified atom stereocenters. The maximum absolute atomic E-state index is 12.2. The Morgan fingerprint density at radius 3 is 2.45 bits per heavy atom. The SMILES string of the molecule is CCCOc1ccc(C(=O)Oc2c(Cl)cc(Cl)cc2Br)cc1. The maximum Gasteiger partial charge on any atom is 0.343 e. The number of carbonyl (C=O) groups excluding carboxylic acids is 1. The Balaban J connectivity index is 2.12. The average Bonchev–Trinajstić information content (AvgIpc) is 2.49. The molecule has 0 aliphatic rings. The monoisotopic (exact) mass is 402 g/mol. The lowest BCUT2D eigenvalue weighted by Gasteiger charge is -2.09. The molecule has 0 aromatic heterocycles. The van der Waals surface area contributed by atoms with Crippen molar-refractivity contribution in [1.82, 2.24) is 0 Å². The van der Waals surface area contributed by atoms with E-state index in [1.807, 2.05) is 6.92 Å². The van der Waals surface area contributed by atoms with Crippen molar-refractivity contribution in [3.8, 4) is 11.5 Å². The molecule has 2 aromatic carbocycles. The van der Waals surface area contributed by atoms with E-state index in [-0.39, 0.29) is 10.8 Å². The van der Waals surface area contributed by atoms with E-state index in [4.69, 9.17) is 32.7 Å². The molecule has 3 nitrogen and oxygen atoms in total. The molecule has 0 atom stereocenters. The van der Waals surface area contributed by atoms with Crippen molar-refractivity contribution in [2.75, 3.05) is 6.61 Å². The molecule has 0 heterocycles. The van der Waals surface area contributed by atoms with Crippen molar-refractivity contribution in [3.63, 3.8) is 0 Å². The first kappa shape index (κ1) is 17.1. The first-order valence-electron chi connectivity index (χ1n) is 6.61. The number of esters is 1. The van der Waals surface area contributed by atoms with Crippen molar-refractivity contribution in [2.24, 2.45) is 0 Å². The van der Waals surface area contributed by atoms with E-state index in [0.717, 1.165) is 6.42 Å². The molecule has 0 saturated carbocycles. The summed E-state index contributed by atoms with van der Waals surface area (Å²) >= 11 is 15.2. The predicted octanol–water partition coefficient (Wildman–Crippen LogP) is 5.76.